The number of carbonyl (C=O) groups excluding carboxylic acids is 2. The lowest BCUT2D eigenvalue weighted by Gasteiger charge is -2.41. The molecule has 2 N–H and O–H groups in total. The molecule has 132 valence electrons. The van der Waals surface area contributed by atoms with Gasteiger partial charge in [0.15, 0.2) is 11.6 Å². The number of morpholine rings is 1. The Labute approximate surface area is 139 Å². The zero-order chi connectivity index (χ0) is 17.7. The van der Waals surface area contributed by atoms with Crippen molar-refractivity contribution in [3.8, 4) is 0 Å². The van der Waals surface area contributed by atoms with Gasteiger partial charge < -0.3 is 15.4 Å². The fraction of sp³-hybridized carbons (Fsp3) is 0.500. The predicted molar refractivity (Wildman–Crippen MR) is 84.5 cm³/mol. The van der Waals surface area contributed by atoms with Crippen LogP contribution in [0.2, 0.25) is 0 Å². The largest absolute Gasteiger partial charge is 0.378 e. The number of amides is 2. The van der Waals surface area contributed by atoms with E-state index in [0.717, 1.165) is 12.1 Å². The van der Waals surface area contributed by atoms with Gasteiger partial charge in [-0.2, -0.15) is 0 Å². The van der Waals surface area contributed by atoms with Crippen LogP contribution in [0.3, 0.4) is 0 Å². The Hall–Kier alpha value is -2.06. The van der Waals surface area contributed by atoms with E-state index in [-0.39, 0.29) is 30.2 Å². The molecular weight excluding hydrogens is 320 g/mol. The van der Waals surface area contributed by atoms with E-state index >= 15 is 0 Å². The Bertz CT molecular complexity index is 623. The summed E-state index contributed by atoms with van der Waals surface area (Å²) in [6, 6.07) is 3.05. The van der Waals surface area contributed by atoms with E-state index in [1.165, 1.54) is 6.07 Å². The summed E-state index contributed by atoms with van der Waals surface area (Å²) in [5, 5.41) is 4.90. The molecule has 1 aromatic carbocycles. The van der Waals surface area contributed by atoms with E-state index in [1.807, 2.05) is 18.7 Å². The minimum absolute atomic E-state index is 0.127. The van der Waals surface area contributed by atoms with Crippen molar-refractivity contribution >= 4 is 17.5 Å². The number of anilines is 1. The zero-order valence-electron chi connectivity index (χ0n) is 13.7. The molecule has 24 heavy (non-hydrogen) atoms. The third-order valence-corrected chi connectivity index (χ3v) is 3.80. The third-order valence-electron chi connectivity index (χ3n) is 3.80. The molecule has 2 rings (SSSR count). The molecule has 1 fully saturated rings. The lowest BCUT2D eigenvalue weighted by Crippen LogP contribution is -2.56. The summed E-state index contributed by atoms with van der Waals surface area (Å²) in [5.41, 5.74) is -0.119. The number of nitrogens with zero attached hydrogens (tertiary/aromatic N) is 1. The highest BCUT2D eigenvalue weighted by molar-refractivity contribution is 5.94. The van der Waals surface area contributed by atoms with Crippen LogP contribution < -0.4 is 10.6 Å². The smallest absolute Gasteiger partial charge is 0.243 e. The maximum absolute atomic E-state index is 13.1. The van der Waals surface area contributed by atoms with E-state index in [9.17, 15) is 18.4 Å². The van der Waals surface area contributed by atoms with Crippen molar-refractivity contribution in [1.29, 1.82) is 0 Å². The molecule has 1 aliphatic rings. The van der Waals surface area contributed by atoms with Crippen LogP contribution in [0.5, 0.6) is 0 Å². The zero-order valence-corrected chi connectivity index (χ0v) is 13.7. The quantitative estimate of drug-likeness (QED) is 0.842. The average molecular weight is 341 g/mol. The summed E-state index contributed by atoms with van der Waals surface area (Å²) < 4.78 is 31.3. The summed E-state index contributed by atoms with van der Waals surface area (Å²) >= 11 is 0. The maximum Gasteiger partial charge on any atom is 0.243 e. The highest BCUT2D eigenvalue weighted by Crippen LogP contribution is 2.18. The minimum Gasteiger partial charge on any atom is -0.378 e. The number of carbonyl (C=O) groups is 2. The second-order valence-electron chi connectivity index (χ2n) is 6.24. The summed E-state index contributed by atoms with van der Waals surface area (Å²) in [6.07, 6.45) is 0. The van der Waals surface area contributed by atoms with E-state index in [2.05, 4.69) is 10.6 Å². The Morgan fingerprint density at radius 1 is 1.25 bits per heavy atom. The lowest BCUT2D eigenvalue weighted by molar-refractivity contribution is -0.129. The van der Waals surface area contributed by atoms with Gasteiger partial charge in [0.25, 0.3) is 0 Å². The van der Waals surface area contributed by atoms with Crippen molar-refractivity contribution < 1.29 is 23.1 Å². The van der Waals surface area contributed by atoms with Crippen molar-refractivity contribution in [2.75, 3.05) is 38.2 Å². The van der Waals surface area contributed by atoms with Crippen LogP contribution in [0.25, 0.3) is 0 Å². The van der Waals surface area contributed by atoms with Gasteiger partial charge in [-0.1, -0.05) is 0 Å². The summed E-state index contributed by atoms with van der Waals surface area (Å²) in [5.74, 6) is -2.85. The molecule has 0 saturated carbocycles. The highest BCUT2D eigenvalue weighted by Gasteiger charge is 2.31. The molecule has 1 aliphatic heterocycles. The lowest BCUT2D eigenvalue weighted by atomic mass is 10.0. The van der Waals surface area contributed by atoms with Crippen LogP contribution >= 0.6 is 0 Å². The van der Waals surface area contributed by atoms with Crippen LogP contribution in [0, 0.1) is 11.6 Å². The van der Waals surface area contributed by atoms with Gasteiger partial charge in [-0.15, -0.1) is 0 Å². The number of rotatable bonds is 5. The van der Waals surface area contributed by atoms with Gasteiger partial charge in [-0.25, -0.2) is 8.78 Å². The molecule has 8 heteroatoms. The molecule has 0 atom stereocenters. The average Bonchev–Trinajstić information content (AvgIpc) is 2.51. The van der Waals surface area contributed by atoms with E-state index < -0.39 is 17.5 Å². The second kappa shape index (κ2) is 7.67. The van der Waals surface area contributed by atoms with Crippen LogP contribution in [0.1, 0.15) is 13.8 Å². The van der Waals surface area contributed by atoms with Crippen LogP contribution in [0.15, 0.2) is 18.2 Å². The standard InChI is InChI=1S/C16H21F2N3O3/c1-16(2)10-24-6-5-21(16)9-15(23)19-8-14(22)20-11-3-4-12(17)13(18)7-11/h3-4,7H,5-6,8-10H2,1-2H3,(H,19,23)(H,20,22). The van der Waals surface area contributed by atoms with E-state index in [1.54, 1.807) is 0 Å². The summed E-state index contributed by atoms with van der Waals surface area (Å²) in [7, 11) is 0. The third kappa shape index (κ3) is 4.97. The van der Waals surface area contributed by atoms with Crippen LogP contribution in [-0.2, 0) is 14.3 Å². The second-order valence-corrected chi connectivity index (χ2v) is 6.24. The van der Waals surface area contributed by atoms with E-state index in [4.69, 9.17) is 4.74 Å². The van der Waals surface area contributed by atoms with Gasteiger partial charge in [0.05, 0.1) is 26.3 Å². The minimum atomic E-state index is -1.05. The molecule has 1 heterocycles. The number of hydrogen-bond donors (Lipinski definition) is 2. The summed E-state index contributed by atoms with van der Waals surface area (Å²) in [4.78, 5) is 25.7. The Kier molecular flexibility index (Phi) is 5.84. The van der Waals surface area contributed by atoms with Crippen molar-refractivity contribution in [2.45, 2.75) is 19.4 Å². The molecule has 0 radical (unpaired) electrons. The van der Waals surface area contributed by atoms with E-state index in [0.29, 0.717) is 19.8 Å². The van der Waals surface area contributed by atoms with Gasteiger partial charge in [0.2, 0.25) is 11.8 Å². The van der Waals surface area contributed by atoms with Crippen molar-refractivity contribution in [2.24, 2.45) is 0 Å². The van der Waals surface area contributed by atoms with Crippen LogP contribution in [-0.4, -0.2) is 55.1 Å². The van der Waals surface area contributed by atoms with Crippen molar-refractivity contribution in [3.05, 3.63) is 29.8 Å². The monoisotopic (exact) mass is 341 g/mol. The first-order chi connectivity index (χ1) is 11.3. The van der Waals surface area contributed by atoms with Gasteiger partial charge in [0, 0.05) is 23.8 Å². The van der Waals surface area contributed by atoms with Crippen molar-refractivity contribution in [1.82, 2.24) is 10.2 Å². The van der Waals surface area contributed by atoms with Crippen LogP contribution in [0.4, 0.5) is 14.5 Å². The molecular formula is C16H21F2N3O3. The molecule has 0 aliphatic carbocycles. The van der Waals surface area contributed by atoms with Gasteiger partial charge in [-0.05, 0) is 26.0 Å². The highest BCUT2D eigenvalue weighted by atomic mass is 19.2. The number of hydrogen-bond acceptors (Lipinski definition) is 4. The van der Waals surface area contributed by atoms with Gasteiger partial charge >= 0.3 is 0 Å². The number of nitrogens with one attached hydrogen (secondary N) is 2. The molecule has 2 amide bonds. The fourth-order valence-corrected chi connectivity index (χ4v) is 2.37. The molecule has 0 spiro atoms. The Morgan fingerprint density at radius 2 is 2.00 bits per heavy atom. The first-order valence-corrected chi connectivity index (χ1v) is 7.62. The fourth-order valence-electron chi connectivity index (χ4n) is 2.37. The number of halogens is 2. The molecule has 0 bridgehead atoms. The van der Waals surface area contributed by atoms with Crippen molar-refractivity contribution in [3.63, 3.8) is 0 Å². The molecule has 1 saturated heterocycles. The molecule has 6 nitrogen and oxygen atoms in total. The number of benzene rings is 1. The maximum atomic E-state index is 13.1. The van der Waals surface area contributed by atoms with Gasteiger partial charge in [-0.3, -0.25) is 14.5 Å². The SMILES string of the molecule is CC1(C)COCCN1CC(=O)NCC(=O)Nc1ccc(F)c(F)c1. The first kappa shape index (κ1) is 18.3. The van der Waals surface area contributed by atoms with Gasteiger partial charge in [0.1, 0.15) is 0 Å². The topological polar surface area (TPSA) is 70.7 Å². The first-order valence-electron chi connectivity index (χ1n) is 7.62. The molecule has 0 aromatic heterocycles. The molecule has 1 aromatic rings. The Balaban J connectivity index is 1.78. The molecule has 0 unspecified atom stereocenters. The Morgan fingerprint density at radius 3 is 2.67 bits per heavy atom. The predicted octanol–water partition coefficient (Wildman–Crippen LogP) is 1.13. The normalized spacial score (nSPS) is 17.3. The summed E-state index contributed by atoms with van der Waals surface area (Å²) in [6.45, 7) is 5.62. The number of ether oxygens (including phenoxy) is 1.